The Hall–Kier alpha value is -3.35. The third-order valence-corrected chi connectivity index (χ3v) is 4.66. The van der Waals surface area contributed by atoms with Gasteiger partial charge in [0, 0.05) is 13.1 Å². The lowest BCUT2D eigenvalue weighted by molar-refractivity contribution is -0.140. The smallest absolute Gasteiger partial charge is 0.242 e. The number of carbonyl (C=O) groups is 2. The van der Waals surface area contributed by atoms with E-state index in [1.165, 1.54) is 31.3 Å². The first-order valence-corrected chi connectivity index (χ1v) is 9.53. The summed E-state index contributed by atoms with van der Waals surface area (Å²) in [5.74, 6) is 0.183. The van der Waals surface area contributed by atoms with Crippen LogP contribution in [0.1, 0.15) is 18.1 Å². The molecule has 7 heteroatoms. The third-order valence-electron chi connectivity index (χ3n) is 4.66. The highest BCUT2D eigenvalue weighted by Crippen LogP contribution is 2.28. The molecule has 0 aliphatic rings. The number of ether oxygens (including phenoxy) is 2. The predicted molar refractivity (Wildman–Crippen MR) is 113 cm³/mol. The molecular formula is C23H27FN2O4. The molecule has 0 fully saturated rings. The monoisotopic (exact) mass is 414 g/mol. The minimum Gasteiger partial charge on any atom is -0.493 e. The highest BCUT2D eigenvalue weighted by Gasteiger charge is 2.26. The van der Waals surface area contributed by atoms with E-state index in [2.05, 4.69) is 11.9 Å². The lowest BCUT2D eigenvalue weighted by Gasteiger charge is -2.29. The second-order valence-corrected chi connectivity index (χ2v) is 6.72. The van der Waals surface area contributed by atoms with Gasteiger partial charge in [-0.3, -0.25) is 9.59 Å². The van der Waals surface area contributed by atoms with E-state index in [4.69, 9.17) is 9.47 Å². The maximum Gasteiger partial charge on any atom is 0.242 e. The molecular weight excluding hydrogens is 387 g/mol. The molecule has 160 valence electrons. The maximum atomic E-state index is 13.3. The number of carbonyl (C=O) groups excluding carboxylic acids is 2. The summed E-state index contributed by atoms with van der Waals surface area (Å²) >= 11 is 0. The van der Waals surface area contributed by atoms with Gasteiger partial charge in [0.05, 0.1) is 20.6 Å². The van der Waals surface area contributed by atoms with Crippen molar-refractivity contribution in [3.8, 4) is 11.5 Å². The molecule has 30 heavy (non-hydrogen) atoms. The van der Waals surface area contributed by atoms with Gasteiger partial charge in [0.15, 0.2) is 11.5 Å². The quantitative estimate of drug-likeness (QED) is 0.607. The van der Waals surface area contributed by atoms with Crippen molar-refractivity contribution in [2.45, 2.75) is 25.9 Å². The van der Waals surface area contributed by atoms with Crippen molar-refractivity contribution in [3.05, 3.63) is 72.1 Å². The summed E-state index contributed by atoms with van der Waals surface area (Å²) in [5.41, 5.74) is 1.45. The lowest BCUT2D eigenvalue weighted by atomic mass is 10.1. The molecule has 1 unspecified atom stereocenters. The van der Waals surface area contributed by atoms with Crippen LogP contribution in [0.3, 0.4) is 0 Å². The number of hydrogen-bond acceptors (Lipinski definition) is 4. The molecule has 0 aliphatic carbocycles. The van der Waals surface area contributed by atoms with Gasteiger partial charge < -0.3 is 19.7 Å². The number of hydrogen-bond donors (Lipinski definition) is 1. The number of halogens is 1. The molecule has 2 aromatic rings. The van der Waals surface area contributed by atoms with Crippen LogP contribution in [-0.4, -0.2) is 43.5 Å². The molecule has 1 N–H and O–H groups in total. The van der Waals surface area contributed by atoms with Crippen LogP contribution in [0.5, 0.6) is 11.5 Å². The third kappa shape index (κ3) is 6.07. The average Bonchev–Trinajstić information content (AvgIpc) is 2.76. The molecule has 0 spiro atoms. The van der Waals surface area contributed by atoms with E-state index in [0.717, 1.165) is 11.1 Å². The molecule has 1 atom stereocenters. The summed E-state index contributed by atoms with van der Waals surface area (Å²) in [4.78, 5) is 27.1. The van der Waals surface area contributed by atoms with Crippen molar-refractivity contribution in [1.82, 2.24) is 10.2 Å². The fraction of sp³-hybridized carbons (Fsp3) is 0.304. The molecule has 0 heterocycles. The largest absolute Gasteiger partial charge is 0.493 e. The van der Waals surface area contributed by atoms with Crippen LogP contribution in [0.2, 0.25) is 0 Å². The molecule has 0 aliphatic heterocycles. The van der Waals surface area contributed by atoms with Crippen LogP contribution in [-0.2, 0) is 22.6 Å². The van der Waals surface area contributed by atoms with Crippen molar-refractivity contribution < 1.29 is 23.5 Å². The summed E-state index contributed by atoms with van der Waals surface area (Å²) in [7, 11) is 3.06. The van der Waals surface area contributed by atoms with Gasteiger partial charge in [-0.05, 0) is 42.3 Å². The molecule has 0 aromatic heterocycles. The Balaban J connectivity index is 2.25. The molecule has 6 nitrogen and oxygen atoms in total. The van der Waals surface area contributed by atoms with Crippen molar-refractivity contribution in [3.63, 3.8) is 0 Å². The topological polar surface area (TPSA) is 67.9 Å². The van der Waals surface area contributed by atoms with Gasteiger partial charge in [0.25, 0.3) is 0 Å². The van der Waals surface area contributed by atoms with E-state index in [1.54, 1.807) is 43.3 Å². The van der Waals surface area contributed by atoms with Gasteiger partial charge in [-0.25, -0.2) is 4.39 Å². The maximum absolute atomic E-state index is 13.3. The number of nitrogens with zero attached hydrogens (tertiary/aromatic N) is 1. The standard InChI is InChI=1S/C23H27FN2O4/c1-5-12-25-23(28)16(2)26(15-17-6-9-19(24)10-7-17)22(27)14-18-8-11-20(29-3)21(13-18)30-4/h5-11,13,16H,1,12,14-15H2,2-4H3,(H,25,28). The highest BCUT2D eigenvalue weighted by atomic mass is 19.1. The molecule has 2 rings (SSSR count). The van der Waals surface area contributed by atoms with Gasteiger partial charge in [-0.2, -0.15) is 0 Å². The number of methoxy groups -OCH3 is 2. The van der Waals surface area contributed by atoms with Gasteiger partial charge in [0.2, 0.25) is 11.8 Å². The second kappa shape index (κ2) is 11.0. The molecule has 0 saturated heterocycles. The Morgan fingerprint density at radius 3 is 2.33 bits per heavy atom. The van der Waals surface area contributed by atoms with E-state index in [9.17, 15) is 14.0 Å². The van der Waals surface area contributed by atoms with Crippen LogP contribution in [0.25, 0.3) is 0 Å². The Morgan fingerprint density at radius 1 is 1.10 bits per heavy atom. The van der Waals surface area contributed by atoms with Crippen LogP contribution in [0.4, 0.5) is 4.39 Å². The first kappa shape index (κ1) is 22.9. The minimum absolute atomic E-state index is 0.0701. The molecule has 0 saturated carbocycles. The van der Waals surface area contributed by atoms with E-state index in [0.29, 0.717) is 18.0 Å². The van der Waals surface area contributed by atoms with Gasteiger partial charge in [-0.1, -0.05) is 24.3 Å². The number of benzene rings is 2. The fourth-order valence-corrected chi connectivity index (χ4v) is 2.96. The first-order chi connectivity index (χ1) is 14.4. The summed E-state index contributed by atoms with van der Waals surface area (Å²) in [6.45, 7) is 5.72. The molecule has 0 radical (unpaired) electrons. The Kier molecular flexibility index (Phi) is 8.41. The zero-order chi connectivity index (χ0) is 22.1. The zero-order valence-electron chi connectivity index (χ0n) is 17.5. The summed E-state index contributed by atoms with van der Waals surface area (Å²) in [6, 6.07) is 10.4. The van der Waals surface area contributed by atoms with Crippen LogP contribution in [0, 0.1) is 5.82 Å². The van der Waals surface area contributed by atoms with Crippen molar-refractivity contribution in [2.75, 3.05) is 20.8 Å². The van der Waals surface area contributed by atoms with Crippen molar-refractivity contribution in [2.24, 2.45) is 0 Å². The highest BCUT2D eigenvalue weighted by molar-refractivity contribution is 5.88. The normalized spacial score (nSPS) is 11.3. The number of amides is 2. The lowest BCUT2D eigenvalue weighted by Crippen LogP contribution is -2.48. The summed E-state index contributed by atoms with van der Waals surface area (Å²) < 4.78 is 23.8. The van der Waals surface area contributed by atoms with Gasteiger partial charge in [-0.15, -0.1) is 6.58 Å². The van der Waals surface area contributed by atoms with E-state index in [-0.39, 0.29) is 30.6 Å². The number of rotatable bonds is 10. The fourth-order valence-electron chi connectivity index (χ4n) is 2.96. The zero-order valence-corrected chi connectivity index (χ0v) is 17.5. The molecule has 2 aromatic carbocycles. The SMILES string of the molecule is C=CCNC(=O)C(C)N(Cc1ccc(F)cc1)C(=O)Cc1ccc(OC)c(OC)c1. The Bertz CT molecular complexity index is 883. The van der Waals surface area contributed by atoms with Crippen LogP contribution in [0.15, 0.2) is 55.1 Å². The Morgan fingerprint density at radius 2 is 1.73 bits per heavy atom. The van der Waals surface area contributed by atoms with E-state index < -0.39 is 6.04 Å². The molecule has 0 bridgehead atoms. The van der Waals surface area contributed by atoms with Crippen LogP contribution >= 0.6 is 0 Å². The van der Waals surface area contributed by atoms with E-state index >= 15 is 0 Å². The second-order valence-electron chi connectivity index (χ2n) is 6.72. The molecule has 2 amide bonds. The van der Waals surface area contributed by atoms with Crippen molar-refractivity contribution >= 4 is 11.8 Å². The number of nitrogens with one attached hydrogen (secondary N) is 1. The van der Waals surface area contributed by atoms with Crippen LogP contribution < -0.4 is 14.8 Å². The van der Waals surface area contributed by atoms with E-state index in [1.807, 2.05) is 0 Å². The summed E-state index contributed by atoms with van der Waals surface area (Å²) in [5, 5.41) is 2.71. The van der Waals surface area contributed by atoms with Crippen molar-refractivity contribution in [1.29, 1.82) is 0 Å². The van der Waals surface area contributed by atoms with Gasteiger partial charge >= 0.3 is 0 Å². The first-order valence-electron chi connectivity index (χ1n) is 9.53. The summed E-state index contributed by atoms with van der Waals surface area (Å²) in [6.07, 6.45) is 1.64. The average molecular weight is 414 g/mol. The van der Waals surface area contributed by atoms with Gasteiger partial charge in [0.1, 0.15) is 11.9 Å². The Labute approximate surface area is 176 Å². The predicted octanol–water partition coefficient (Wildman–Crippen LogP) is 3.10. The minimum atomic E-state index is -0.720.